The van der Waals surface area contributed by atoms with Crippen molar-refractivity contribution in [2.75, 3.05) is 6.54 Å². The molecule has 0 bridgehead atoms. The van der Waals surface area contributed by atoms with E-state index >= 15 is 0 Å². The van der Waals surface area contributed by atoms with Gasteiger partial charge < -0.3 is 14.5 Å². The van der Waals surface area contributed by atoms with Crippen LogP contribution < -0.4 is 15.5 Å². The molecule has 196 valence electrons. The standard InChI is InChI=1S/C30H24BrN3O5/c31-24-13-15-26(39-28(36)16-14-25-12-7-17-38-25)23(18-24)19-33-34-27(35)20-32-30(37)29(21-8-3-1-4-9-21)22-10-5-2-6-11-22/h1-19,29H,20H2,(H,32,37)(H,34,35). The Labute approximate surface area is 233 Å². The van der Waals surface area contributed by atoms with Gasteiger partial charge in [-0.3, -0.25) is 9.59 Å². The van der Waals surface area contributed by atoms with E-state index in [-0.39, 0.29) is 18.2 Å². The molecule has 3 aromatic carbocycles. The fourth-order valence-electron chi connectivity index (χ4n) is 3.66. The van der Waals surface area contributed by atoms with Crippen molar-refractivity contribution in [3.8, 4) is 5.75 Å². The van der Waals surface area contributed by atoms with E-state index in [2.05, 4.69) is 31.8 Å². The summed E-state index contributed by atoms with van der Waals surface area (Å²) in [6, 6.07) is 27.1. The minimum Gasteiger partial charge on any atom is -0.465 e. The zero-order valence-electron chi connectivity index (χ0n) is 20.6. The number of nitrogens with zero attached hydrogens (tertiary/aromatic N) is 1. The fraction of sp³-hybridized carbons (Fsp3) is 0.0667. The number of nitrogens with one attached hydrogen (secondary N) is 2. The van der Waals surface area contributed by atoms with Crippen molar-refractivity contribution < 1.29 is 23.5 Å². The van der Waals surface area contributed by atoms with E-state index in [1.807, 2.05) is 60.7 Å². The van der Waals surface area contributed by atoms with Crippen LogP contribution >= 0.6 is 15.9 Å². The van der Waals surface area contributed by atoms with Gasteiger partial charge in [-0.25, -0.2) is 10.2 Å². The molecule has 4 rings (SSSR count). The highest BCUT2D eigenvalue weighted by Gasteiger charge is 2.22. The second-order valence-electron chi connectivity index (χ2n) is 8.22. The second-order valence-corrected chi connectivity index (χ2v) is 9.13. The number of rotatable bonds is 10. The fourth-order valence-corrected chi connectivity index (χ4v) is 4.04. The molecule has 0 radical (unpaired) electrons. The highest BCUT2D eigenvalue weighted by molar-refractivity contribution is 9.10. The number of carbonyl (C=O) groups is 3. The summed E-state index contributed by atoms with van der Waals surface area (Å²) in [6.45, 7) is -0.274. The van der Waals surface area contributed by atoms with Gasteiger partial charge in [0, 0.05) is 16.1 Å². The van der Waals surface area contributed by atoms with Gasteiger partial charge in [-0.1, -0.05) is 76.6 Å². The first-order valence-electron chi connectivity index (χ1n) is 11.9. The van der Waals surface area contributed by atoms with Crippen LogP contribution in [-0.2, 0) is 14.4 Å². The SMILES string of the molecule is O=C(CNC(=O)C(c1ccccc1)c1ccccc1)NN=Cc1cc(Br)ccc1OC(=O)C=Cc1ccco1. The van der Waals surface area contributed by atoms with Crippen molar-refractivity contribution >= 4 is 46.0 Å². The van der Waals surface area contributed by atoms with E-state index in [1.165, 1.54) is 24.6 Å². The first-order chi connectivity index (χ1) is 19.0. The summed E-state index contributed by atoms with van der Waals surface area (Å²) >= 11 is 3.37. The maximum Gasteiger partial charge on any atom is 0.336 e. The Morgan fingerprint density at radius 2 is 1.62 bits per heavy atom. The molecule has 39 heavy (non-hydrogen) atoms. The van der Waals surface area contributed by atoms with Gasteiger partial charge in [-0.2, -0.15) is 5.10 Å². The zero-order valence-corrected chi connectivity index (χ0v) is 22.2. The average Bonchev–Trinajstić information content (AvgIpc) is 3.47. The highest BCUT2D eigenvalue weighted by atomic mass is 79.9. The third kappa shape index (κ3) is 8.11. The van der Waals surface area contributed by atoms with E-state index in [0.29, 0.717) is 11.3 Å². The summed E-state index contributed by atoms with van der Waals surface area (Å²) in [7, 11) is 0. The lowest BCUT2D eigenvalue weighted by Gasteiger charge is -2.17. The van der Waals surface area contributed by atoms with Crippen LogP contribution in [0.15, 0.2) is 117 Å². The predicted octanol–water partition coefficient (Wildman–Crippen LogP) is 5.06. The molecule has 0 aliphatic heterocycles. The lowest BCUT2D eigenvalue weighted by atomic mass is 9.90. The quantitative estimate of drug-likeness (QED) is 0.0888. The zero-order chi connectivity index (χ0) is 27.5. The Kier molecular flexibility index (Phi) is 9.57. The van der Waals surface area contributed by atoms with Crippen molar-refractivity contribution in [1.82, 2.24) is 10.7 Å². The number of amides is 2. The number of hydrazone groups is 1. The topological polar surface area (TPSA) is 110 Å². The Morgan fingerprint density at radius 1 is 0.923 bits per heavy atom. The molecule has 2 amide bonds. The molecule has 0 aliphatic rings. The molecule has 4 aromatic rings. The van der Waals surface area contributed by atoms with Crippen LogP contribution in [0.2, 0.25) is 0 Å². The van der Waals surface area contributed by atoms with Crippen molar-refractivity contribution in [2.45, 2.75) is 5.92 Å². The van der Waals surface area contributed by atoms with Gasteiger partial charge in [0.25, 0.3) is 5.91 Å². The summed E-state index contributed by atoms with van der Waals surface area (Å²) in [6.07, 6.45) is 5.58. The molecule has 0 unspecified atom stereocenters. The van der Waals surface area contributed by atoms with Crippen LogP contribution in [0.25, 0.3) is 6.08 Å². The second kappa shape index (κ2) is 13.7. The van der Waals surface area contributed by atoms with Crippen LogP contribution in [0.5, 0.6) is 5.75 Å². The van der Waals surface area contributed by atoms with Gasteiger partial charge in [0.15, 0.2) is 0 Å². The number of benzene rings is 3. The lowest BCUT2D eigenvalue weighted by Crippen LogP contribution is -2.37. The third-order valence-corrected chi connectivity index (χ3v) is 5.95. The Morgan fingerprint density at radius 3 is 2.26 bits per heavy atom. The van der Waals surface area contributed by atoms with Gasteiger partial charge in [0.2, 0.25) is 5.91 Å². The van der Waals surface area contributed by atoms with Crippen molar-refractivity contribution in [2.24, 2.45) is 5.10 Å². The van der Waals surface area contributed by atoms with Crippen LogP contribution in [0.3, 0.4) is 0 Å². The largest absolute Gasteiger partial charge is 0.465 e. The van der Waals surface area contributed by atoms with Gasteiger partial charge in [0.05, 0.1) is 24.9 Å². The van der Waals surface area contributed by atoms with E-state index in [4.69, 9.17) is 9.15 Å². The molecule has 0 aliphatic carbocycles. The minimum absolute atomic E-state index is 0.243. The maximum atomic E-state index is 13.1. The van der Waals surface area contributed by atoms with Crippen LogP contribution in [0.4, 0.5) is 0 Å². The Bertz CT molecular complexity index is 1430. The summed E-state index contributed by atoms with van der Waals surface area (Å²) in [5.41, 5.74) is 4.46. The first kappa shape index (κ1) is 27.3. The monoisotopic (exact) mass is 585 g/mol. The smallest absolute Gasteiger partial charge is 0.336 e. The molecule has 0 spiro atoms. The van der Waals surface area contributed by atoms with Gasteiger partial charge in [-0.05, 0) is 47.5 Å². The number of ether oxygens (including phenoxy) is 1. The van der Waals surface area contributed by atoms with Crippen LogP contribution in [0, 0.1) is 0 Å². The highest BCUT2D eigenvalue weighted by Crippen LogP contribution is 2.25. The summed E-state index contributed by atoms with van der Waals surface area (Å²) in [5.74, 6) is -1.25. The molecule has 0 fully saturated rings. The summed E-state index contributed by atoms with van der Waals surface area (Å²) in [5, 5.41) is 6.64. The Hall–Kier alpha value is -4.76. The molecule has 9 heteroatoms. The molecular formula is C30H24BrN3O5. The Balaban J connectivity index is 1.35. The molecule has 2 N–H and O–H groups in total. The van der Waals surface area contributed by atoms with E-state index in [1.54, 1.807) is 30.3 Å². The predicted molar refractivity (Wildman–Crippen MR) is 151 cm³/mol. The number of carbonyl (C=O) groups excluding carboxylic acids is 3. The number of halogens is 1. The molecule has 1 aromatic heterocycles. The number of hydrogen-bond donors (Lipinski definition) is 2. The maximum absolute atomic E-state index is 13.1. The summed E-state index contributed by atoms with van der Waals surface area (Å²) in [4.78, 5) is 37.7. The van der Waals surface area contributed by atoms with Gasteiger partial charge >= 0.3 is 5.97 Å². The molecule has 0 saturated carbocycles. The molecule has 1 heterocycles. The van der Waals surface area contributed by atoms with Gasteiger partial charge in [0.1, 0.15) is 11.5 Å². The first-order valence-corrected chi connectivity index (χ1v) is 12.7. The number of hydrogen-bond acceptors (Lipinski definition) is 6. The molecular weight excluding hydrogens is 562 g/mol. The van der Waals surface area contributed by atoms with E-state index in [0.717, 1.165) is 15.6 Å². The average molecular weight is 586 g/mol. The third-order valence-electron chi connectivity index (χ3n) is 5.45. The lowest BCUT2D eigenvalue weighted by molar-refractivity contribution is -0.129. The van der Waals surface area contributed by atoms with Crippen LogP contribution in [-0.4, -0.2) is 30.5 Å². The van der Waals surface area contributed by atoms with Gasteiger partial charge in [-0.15, -0.1) is 0 Å². The number of esters is 1. The summed E-state index contributed by atoms with van der Waals surface area (Å²) < 4.78 is 11.3. The molecule has 8 nitrogen and oxygen atoms in total. The minimum atomic E-state index is -0.610. The van der Waals surface area contributed by atoms with E-state index in [9.17, 15) is 14.4 Å². The van der Waals surface area contributed by atoms with E-state index < -0.39 is 17.8 Å². The van der Waals surface area contributed by atoms with Crippen LogP contribution in [0.1, 0.15) is 28.4 Å². The number of furan rings is 1. The van der Waals surface area contributed by atoms with Crippen molar-refractivity contribution in [3.63, 3.8) is 0 Å². The van der Waals surface area contributed by atoms with Crippen molar-refractivity contribution in [3.05, 3.63) is 130 Å². The molecule has 0 saturated heterocycles. The van der Waals surface area contributed by atoms with Crippen molar-refractivity contribution in [1.29, 1.82) is 0 Å². The normalized spacial score (nSPS) is 11.1. The molecule has 0 atom stereocenters.